The van der Waals surface area contributed by atoms with Gasteiger partial charge in [-0.3, -0.25) is 4.68 Å². The largest absolute Gasteiger partial charge is 0.255 e. The number of aryl methyl sites for hydroxylation is 2. The van der Waals surface area contributed by atoms with Gasteiger partial charge in [0.15, 0.2) is 5.03 Å². The molecule has 0 saturated carbocycles. The van der Waals surface area contributed by atoms with Crippen molar-refractivity contribution in [2.24, 2.45) is 5.14 Å². The summed E-state index contributed by atoms with van der Waals surface area (Å²) in [6, 6.07) is 3.41. The fourth-order valence-electron chi connectivity index (χ4n) is 1.37. The predicted octanol–water partition coefficient (Wildman–Crippen LogP) is 0.397. The molecular weight excluding hydrogens is 228 g/mol. The second kappa shape index (κ2) is 5.09. The quantitative estimate of drug-likeness (QED) is 0.807. The minimum Gasteiger partial charge on any atom is -0.252 e. The molecular formula is C9H14N4O2S. The molecule has 1 heterocycles. The van der Waals surface area contributed by atoms with Crippen LogP contribution in [0.2, 0.25) is 0 Å². The molecule has 88 valence electrons. The van der Waals surface area contributed by atoms with Crippen molar-refractivity contribution in [1.82, 2.24) is 9.78 Å². The van der Waals surface area contributed by atoms with E-state index in [1.54, 1.807) is 0 Å². The van der Waals surface area contributed by atoms with Crippen molar-refractivity contribution in [3.8, 4) is 6.07 Å². The third kappa shape index (κ3) is 3.05. The molecule has 0 aliphatic rings. The molecule has 0 amide bonds. The zero-order chi connectivity index (χ0) is 12.2. The summed E-state index contributed by atoms with van der Waals surface area (Å²) < 4.78 is 23.8. The Hall–Kier alpha value is -1.39. The molecule has 6 nitrogen and oxygen atoms in total. The lowest BCUT2D eigenvalue weighted by atomic mass is 10.3. The van der Waals surface area contributed by atoms with Crippen molar-refractivity contribution in [1.29, 1.82) is 5.26 Å². The van der Waals surface area contributed by atoms with Crippen LogP contribution in [0.25, 0.3) is 0 Å². The second-order valence-electron chi connectivity index (χ2n) is 3.40. The summed E-state index contributed by atoms with van der Waals surface area (Å²) in [6.07, 6.45) is 1.77. The molecule has 16 heavy (non-hydrogen) atoms. The molecule has 0 bridgehead atoms. The second-order valence-corrected chi connectivity index (χ2v) is 4.91. The van der Waals surface area contributed by atoms with Crippen molar-refractivity contribution < 1.29 is 8.42 Å². The number of aromatic nitrogens is 2. The lowest BCUT2D eigenvalue weighted by Gasteiger charge is -2.01. The Morgan fingerprint density at radius 3 is 2.81 bits per heavy atom. The molecule has 0 aromatic carbocycles. The van der Waals surface area contributed by atoms with Crippen molar-refractivity contribution in [3.63, 3.8) is 0 Å². The van der Waals surface area contributed by atoms with Gasteiger partial charge in [-0.1, -0.05) is 13.3 Å². The van der Waals surface area contributed by atoms with Crippen LogP contribution in [-0.4, -0.2) is 18.2 Å². The first-order chi connectivity index (χ1) is 7.49. The number of hydrogen-bond donors (Lipinski definition) is 1. The van der Waals surface area contributed by atoms with Gasteiger partial charge in [-0.25, -0.2) is 13.6 Å². The molecule has 0 atom stereocenters. The van der Waals surface area contributed by atoms with Crippen LogP contribution in [0.4, 0.5) is 0 Å². The molecule has 2 N–H and O–H groups in total. The van der Waals surface area contributed by atoms with E-state index in [9.17, 15) is 8.42 Å². The van der Waals surface area contributed by atoms with Gasteiger partial charge in [0, 0.05) is 0 Å². The third-order valence-corrected chi connectivity index (χ3v) is 2.94. The van der Waals surface area contributed by atoms with Crippen LogP contribution in [-0.2, 0) is 23.0 Å². The maximum Gasteiger partial charge on any atom is 0.255 e. The van der Waals surface area contributed by atoms with Crippen molar-refractivity contribution in [3.05, 3.63) is 11.8 Å². The minimum atomic E-state index is -3.77. The zero-order valence-electron chi connectivity index (χ0n) is 9.05. The van der Waals surface area contributed by atoms with E-state index in [0.29, 0.717) is 12.1 Å². The Labute approximate surface area is 94.7 Å². The first-order valence-electron chi connectivity index (χ1n) is 4.95. The van der Waals surface area contributed by atoms with E-state index in [-0.39, 0.29) is 18.0 Å². The van der Waals surface area contributed by atoms with Gasteiger partial charge in [0.25, 0.3) is 10.0 Å². The molecule has 0 unspecified atom stereocenters. The molecule has 7 heteroatoms. The minimum absolute atomic E-state index is 0.0220. The van der Waals surface area contributed by atoms with Crippen LogP contribution in [0.3, 0.4) is 0 Å². The van der Waals surface area contributed by atoms with Gasteiger partial charge in [-0.05, 0) is 12.5 Å². The van der Waals surface area contributed by atoms with Gasteiger partial charge in [-0.2, -0.15) is 10.4 Å². The van der Waals surface area contributed by atoms with Crippen LogP contribution in [0.1, 0.15) is 25.5 Å². The van der Waals surface area contributed by atoms with E-state index in [1.165, 1.54) is 10.7 Å². The third-order valence-electron chi connectivity index (χ3n) is 2.03. The molecule has 1 aromatic heterocycles. The average molecular weight is 242 g/mol. The summed E-state index contributed by atoms with van der Waals surface area (Å²) in [5.74, 6) is 0. The summed E-state index contributed by atoms with van der Waals surface area (Å²) >= 11 is 0. The Morgan fingerprint density at radius 1 is 1.62 bits per heavy atom. The standard InChI is InChI=1S/C9H14N4O2S/c1-2-4-8-7-9(16(11,14)15)13(12-8)6-3-5-10/h7H,2-4,6H2,1H3,(H2,11,14,15). The molecule has 0 spiro atoms. The highest BCUT2D eigenvalue weighted by Crippen LogP contribution is 2.11. The molecule has 0 aliphatic heterocycles. The summed E-state index contributed by atoms with van der Waals surface area (Å²) in [4.78, 5) is 0. The Morgan fingerprint density at radius 2 is 2.31 bits per heavy atom. The SMILES string of the molecule is CCCc1cc(S(N)(=O)=O)n(CCC#N)n1. The Balaban J connectivity index is 3.09. The monoisotopic (exact) mass is 242 g/mol. The van der Waals surface area contributed by atoms with E-state index < -0.39 is 10.0 Å². The highest BCUT2D eigenvalue weighted by molar-refractivity contribution is 7.89. The topological polar surface area (TPSA) is 102 Å². The Bertz CT molecular complexity index is 498. The van der Waals surface area contributed by atoms with E-state index in [4.69, 9.17) is 10.4 Å². The predicted molar refractivity (Wildman–Crippen MR) is 57.8 cm³/mol. The van der Waals surface area contributed by atoms with Gasteiger partial charge in [-0.15, -0.1) is 0 Å². The maximum atomic E-state index is 11.3. The van der Waals surface area contributed by atoms with E-state index >= 15 is 0 Å². The van der Waals surface area contributed by atoms with Crippen LogP contribution in [0, 0.1) is 11.3 Å². The lowest BCUT2D eigenvalue weighted by molar-refractivity contribution is 0.539. The first kappa shape index (κ1) is 12.7. The molecule has 1 rings (SSSR count). The number of nitrogens with two attached hydrogens (primary N) is 1. The van der Waals surface area contributed by atoms with Crippen molar-refractivity contribution in [2.45, 2.75) is 37.8 Å². The average Bonchev–Trinajstić information content (AvgIpc) is 2.58. The van der Waals surface area contributed by atoms with Crippen molar-refractivity contribution >= 4 is 10.0 Å². The molecule has 0 radical (unpaired) electrons. The highest BCUT2D eigenvalue weighted by Gasteiger charge is 2.16. The summed E-state index contributed by atoms with van der Waals surface area (Å²) in [6.45, 7) is 2.22. The summed E-state index contributed by atoms with van der Waals surface area (Å²) in [7, 11) is -3.77. The fraction of sp³-hybridized carbons (Fsp3) is 0.556. The Kier molecular flexibility index (Phi) is 4.04. The molecule has 0 saturated heterocycles. The maximum absolute atomic E-state index is 11.3. The van der Waals surface area contributed by atoms with Crippen LogP contribution in [0.15, 0.2) is 11.1 Å². The summed E-state index contributed by atoms with van der Waals surface area (Å²) in [5.41, 5.74) is 0.685. The van der Waals surface area contributed by atoms with Crippen molar-refractivity contribution in [2.75, 3.05) is 0 Å². The van der Waals surface area contributed by atoms with E-state index in [2.05, 4.69) is 5.10 Å². The number of rotatable bonds is 5. The molecule has 0 fully saturated rings. The number of nitrogens with zero attached hydrogens (tertiary/aromatic N) is 3. The molecule has 0 aliphatic carbocycles. The van der Waals surface area contributed by atoms with E-state index in [0.717, 1.165) is 6.42 Å². The number of hydrogen-bond acceptors (Lipinski definition) is 4. The van der Waals surface area contributed by atoms with Gasteiger partial charge in [0.05, 0.1) is 24.7 Å². The van der Waals surface area contributed by atoms with Gasteiger partial charge >= 0.3 is 0 Å². The van der Waals surface area contributed by atoms with E-state index in [1.807, 2.05) is 13.0 Å². The number of nitriles is 1. The summed E-state index contributed by atoms with van der Waals surface area (Å²) in [5, 5.41) is 17.6. The highest BCUT2D eigenvalue weighted by atomic mass is 32.2. The van der Waals surface area contributed by atoms with Gasteiger partial charge in [0.1, 0.15) is 0 Å². The number of primary sulfonamides is 1. The number of sulfonamides is 1. The van der Waals surface area contributed by atoms with Crippen LogP contribution < -0.4 is 5.14 Å². The zero-order valence-corrected chi connectivity index (χ0v) is 9.87. The van der Waals surface area contributed by atoms with Crippen LogP contribution in [0.5, 0.6) is 0 Å². The molecule has 1 aromatic rings. The normalized spacial score (nSPS) is 11.3. The first-order valence-corrected chi connectivity index (χ1v) is 6.50. The smallest absolute Gasteiger partial charge is 0.252 e. The lowest BCUT2D eigenvalue weighted by Crippen LogP contribution is -2.18. The van der Waals surface area contributed by atoms with Gasteiger partial charge in [0.2, 0.25) is 0 Å². The van der Waals surface area contributed by atoms with Crippen LogP contribution >= 0.6 is 0 Å². The fourth-order valence-corrected chi connectivity index (χ4v) is 2.10. The van der Waals surface area contributed by atoms with Gasteiger partial charge < -0.3 is 0 Å².